The minimum Gasteiger partial charge on any atom is -0.0528 e. The molecule has 0 aromatic carbocycles. The minimum absolute atomic E-state index is 1.01. The maximum atomic E-state index is 6.36. The molecule has 0 aromatic rings. The van der Waals surface area contributed by atoms with Crippen molar-refractivity contribution in [3.05, 3.63) is 36.0 Å². The summed E-state index contributed by atoms with van der Waals surface area (Å²) in [6.45, 7) is 0. The first kappa shape index (κ1) is 3.90. The van der Waals surface area contributed by atoms with Gasteiger partial charge in [-0.3, -0.25) is 0 Å². The van der Waals surface area contributed by atoms with Gasteiger partial charge in [-0.25, -0.2) is 0 Å². The Morgan fingerprint density at radius 2 is 2.29 bits per heavy atom. The summed E-state index contributed by atoms with van der Waals surface area (Å²) in [5, 5.41) is 0. The Bertz CT molecular complexity index is 185. The summed E-state index contributed by atoms with van der Waals surface area (Å²) in [7, 11) is 0. The third-order valence-electron chi connectivity index (χ3n) is 0.603. The van der Waals surface area contributed by atoms with Gasteiger partial charge in [0.1, 0.15) is 0 Å². The molecule has 30 valence electrons. The third-order valence-corrected chi connectivity index (χ3v) is 0.603. The molecule has 0 radical (unpaired) electrons. The Balaban J connectivity index is 2.66. The van der Waals surface area contributed by atoms with Gasteiger partial charge in [0.25, 0.3) is 0 Å². The molecule has 0 fully saturated rings. The van der Waals surface area contributed by atoms with Gasteiger partial charge >= 0.3 is 0 Å². The highest BCUT2D eigenvalue weighted by Crippen LogP contribution is 2.09. The highest BCUT2D eigenvalue weighted by molar-refractivity contribution is 5.45. The second-order valence-electron chi connectivity index (χ2n) is 1.16. The fourth-order valence-corrected chi connectivity index (χ4v) is 0.228. The predicted molar refractivity (Wildman–Crippen MR) is 26.5 cm³/mol. The van der Waals surface area contributed by atoms with E-state index < -0.39 is 0 Å². The van der Waals surface area contributed by atoms with E-state index in [0.29, 0.717) is 0 Å². The number of hydrogen-bond donors (Lipinski definition) is 0. The molecule has 0 nitrogen and oxygen atoms in total. The summed E-state index contributed by atoms with van der Waals surface area (Å²) >= 11 is 0. The molecule has 0 saturated carbocycles. The van der Waals surface area contributed by atoms with Gasteiger partial charge < -0.3 is 0 Å². The first-order valence-corrected chi connectivity index (χ1v) is 1.91. The molecular formula is C7H2. The summed E-state index contributed by atoms with van der Waals surface area (Å²) in [5.41, 5.74) is 3.68. The zero-order chi connectivity index (χ0) is 5.11. The summed E-state index contributed by atoms with van der Waals surface area (Å²) < 4.78 is 0. The largest absolute Gasteiger partial charge is 0.0528 e. The molecule has 1 rings (SSSR count). The molecule has 0 saturated heterocycles. The van der Waals surface area contributed by atoms with Crippen LogP contribution in [0, 0.1) is 18.4 Å². The van der Waals surface area contributed by atoms with Crippen LogP contribution >= 0.6 is 0 Å². The van der Waals surface area contributed by atoms with Crippen molar-refractivity contribution in [2.45, 2.75) is 0 Å². The molecule has 7 heavy (non-hydrogen) atoms. The van der Waals surface area contributed by atoms with Crippen molar-refractivity contribution in [1.82, 2.24) is 0 Å². The monoisotopic (exact) mass is 86.0 g/mol. The Hall–Kier alpha value is -1.27. The van der Waals surface area contributed by atoms with Crippen molar-refractivity contribution >= 4 is 0 Å². The molecular weight excluding hydrogens is 84.1 g/mol. The molecule has 0 heteroatoms. The molecule has 0 aliphatic heterocycles. The number of rotatable bonds is 0. The fraction of sp³-hybridized carbons (Fsp3) is 0. The Kier molecular flexibility index (Phi) is 0.810. The van der Waals surface area contributed by atoms with E-state index in [9.17, 15) is 0 Å². The van der Waals surface area contributed by atoms with E-state index in [1.54, 1.807) is 0 Å². The lowest BCUT2D eigenvalue weighted by Crippen LogP contribution is -1.40. The standard InChI is InChI=1S/C7H2/c1-2-3-4-7-5-6-7/h5-6H. The van der Waals surface area contributed by atoms with E-state index in [1.165, 1.54) is 0 Å². The van der Waals surface area contributed by atoms with E-state index in [0.717, 1.165) is 5.57 Å². The topological polar surface area (TPSA) is 0 Å². The Morgan fingerprint density at radius 1 is 1.57 bits per heavy atom. The van der Waals surface area contributed by atoms with Crippen LogP contribution in [0.4, 0.5) is 0 Å². The van der Waals surface area contributed by atoms with Crippen molar-refractivity contribution < 1.29 is 0 Å². The number of allylic oxidation sites excluding steroid dienone is 3. The van der Waals surface area contributed by atoms with Crippen molar-refractivity contribution in [2.75, 3.05) is 0 Å². The lowest BCUT2D eigenvalue weighted by molar-refractivity contribution is 1.98. The average molecular weight is 86.1 g/mol. The van der Waals surface area contributed by atoms with E-state index >= 15 is 0 Å². The normalized spacial score (nSPS) is 11.6. The van der Waals surface area contributed by atoms with Gasteiger partial charge in [0, 0.05) is 5.57 Å². The van der Waals surface area contributed by atoms with Crippen molar-refractivity contribution in [3.63, 3.8) is 0 Å². The molecule has 0 N–H and O–H groups in total. The van der Waals surface area contributed by atoms with Crippen LogP contribution in [0.5, 0.6) is 0 Å². The van der Waals surface area contributed by atoms with E-state index in [2.05, 4.69) is 11.8 Å². The molecule has 0 unspecified atom stereocenters. The molecule has 0 bridgehead atoms. The third kappa shape index (κ3) is 1.07. The molecule has 1 aliphatic carbocycles. The van der Waals surface area contributed by atoms with Crippen LogP contribution in [-0.4, -0.2) is 0 Å². The summed E-state index contributed by atoms with van der Waals surface area (Å²) in [5.74, 6) is 1.97. The quantitative estimate of drug-likeness (QED) is 0.234. The Morgan fingerprint density at radius 3 is 2.71 bits per heavy atom. The molecule has 1 aliphatic rings. The molecule has 0 heterocycles. The highest BCUT2D eigenvalue weighted by Gasteiger charge is 1.92. The van der Waals surface area contributed by atoms with Gasteiger partial charge in [0.15, 0.2) is 0 Å². The molecule has 0 atom stereocenters. The predicted octanol–water partition coefficient (Wildman–Crippen LogP) is 1.03. The van der Waals surface area contributed by atoms with Gasteiger partial charge in [-0.1, -0.05) is 5.73 Å². The van der Waals surface area contributed by atoms with E-state index in [1.807, 2.05) is 18.1 Å². The molecule has 0 amide bonds. The van der Waals surface area contributed by atoms with Crippen LogP contribution in [0.3, 0.4) is 0 Å². The van der Waals surface area contributed by atoms with E-state index in [-0.39, 0.29) is 0 Å². The van der Waals surface area contributed by atoms with E-state index in [4.69, 9.17) is 6.42 Å². The minimum atomic E-state index is 1.01. The number of hydrogen-bond acceptors (Lipinski definition) is 0. The van der Waals surface area contributed by atoms with Crippen LogP contribution < -0.4 is 0 Å². The first-order valence-electron chi connectivity index (χ1n) is 1.91. The van der Waals surface area contributed by atoms with Crippen LogP contribution in [0.2, 0.25) is 0 Å². The fourth-order valence-electron chi connectivity index (χ4n) is 0.228. The van der Waals surface area contributed by atoms with Gasteiger partial charge in [-0.15, -0.1) is 0 Å². The lowest BCUT2D eigenvalue weighted by Gasteiger charge is -1.52. The second-order valence-corrected chi connectivity index (χ2v) is 1.16. The second kappa shape index (κ2) is 1.45. The van der Waals surface area contributed by atoms with Crippen molar-refractivity contribution in [2.24, 2.45) is 0 Å². The highest BCUT2D eigenvalue weighted by atomic mass is 14.0. The van der Waals surface area contributed by atoms with Crippen molar-refractivity contribution in [1.29, 1.82) is 0 Å². The molecule has 0 aromatic heterocycles. The maximum Gasteiger partial charge on any atom is 0.0256 e. The van der Waals surface area contributed by atoms with Crippen molar-refractivity contribution in [3.8, 4) is 5.92 Å². The summed E-state index contributed by atoms with van der Waals surface area (Å²) in [4.78, 5) is 0. The van der Waals surface area contributed by atoms with Crippen LogP contribution in [0.15, 0.2) is 23.5 Å². The summed E-state index contributed by atoms with van der Waals surface area (Å²) in [6.07, 6.45) is 12.5. The molecule has 0 spiro atoms. The van der Waals surface area contributed by atoms with Gasteiger partial charge in [0.2, 0.25) is 0 Å². The van der Waals surface area contributed by atoms with Gasteiger partial charge in [0.05, 0.1) is 0 Å². The Labute approximate surface area is 42.9 Å². The maximum absolute atomic E-state index is 6.36. The first-order chi connectivity index (χ1) is 3.43. The van der Waals surface area contributed by atoms with Gasteiger partial charge in [-0.2, -0.15) is 0 Å². The lowest BCUT2D eigenvalue weighted by atomic mass is 10.5. The van der Waals surface area contributed by atoms with Crippen LogP contribution in [-0.2, 0) is 0 Å². The SMILES string of the molecule is [C-]#C[C+]=C=C1C=C1. The van der Waals surface area contributed by atoms with Gasteiger partial charge in [-0.05, 0) is 30.6 Å². The average Bonchev–Trinajstić information content (AvgIpc) is 2.42. The smallest absolute Gasteiger partial charge is 0.0256 e. The zero-order valence-electron chi connectivity index (χ0n) is 3.65. The zero-order valence-corrected chi connectivity index (χ0v) is 3.65. The van der Waals surface area contributed by atoms with Crippen LogP contribution in [0.1, 0.15) is 0 Å². The summed E-state index contributed by atoms with van der Waals surface area (Å²) in [6, 6.07) is 0. The van der Waals surface area contributed by atoms with Crippen LogP contribution in [0.25, 0.3) is 0 Å².